The van der Waals surface area contributed by atoms with E-state index < -0.39 is 11.3 Å². The molecule has 1 aliphatic heterocycles. The maximum atomic E-state index is 12.2. The summed E-state index contributed by atoms with van der Waals surface area (Å²) in [5, 5.41) is 13.5. The van der Waals surface area contributed by atoms with Crippen molar-refractivity contribution in [3.05, 3.63) is 24.2 Å². The fourth-order valence-corrected chi connectivity index (χ4v) is 3.84. The molecule has 0 spiro atoms. The zero-order chi connectivity index (χ0) is 20.1. The standard InChI is InChI=1S/C18H26N6O3S/c1-12-6-8-23(9-7-12)17-21-22-18(24(17)11-14-5-4-10-27-14)28-13(2)15(25)20-16(26)19-3/h4-5,10,12-13H,6-9,11H2,1-3H3,(H2,19,20,25,26). The van der Waals surface area contributed by atoms with Crippen molar-refractivity contribution in [2.75, 3.05) is 25.0 Å². The minimum absolute atomic E-state index is 0.384. The number of amides is 3. The fraction of sp³-hybridized carbons (Fsp3) is 0.556. The van der Waals surface area contributed by atoms with E-state index in [1.165, 1.54) is 18.8 Å². The molecule has 1 fully saturated rings. The lowest BCUT2D eigenvalue weighted by molar-refractivity contribution is -0.119. The number of rotatable bonds is 6. The predicted molar refractivity (Wildman–Crippen MR) is 106 cm³/mol. The highest BCUT2D eigenvalue weighted by Crippen LogP contribution is 2.29. The van der Waals surface area contributed by atoms with E-state index in [1.54, 1.807) is 13.2 Å². The Morgan fingerprint density at radius 3 is 2.75 bits per heavy atom. The Kier molecular flexibility index (Phi) is 6.61. The molecule has 1 saturated heterocycles. The molecule has 10 heteroatoms. The molecular formula is C18H26N6O3S. The first-order valence-electron chi connectivity index (χ1n) is 9.37. The molecule has 0 aliphatic carbocycles. The number of carbonyl (C=O) groups excluding carboxylic acids is 2. The van der Waals surface area contributed by atoms with Crippen molar-refractivity contribution in [3.8, 4) is 0 Å². The molecule has 28 heavy (non-hydrogen) atoms. The minimum atomic E-state index is -0.530. The molecule has 2 aromatic heterocycles. The SMILES string of the molecule is CNC(=O)NC(=O)C(C)Sc1nnc(N2CCC(C)CC2)n1Cc1ccco1. The van der Waals surface area contributed by atoms with Crippen LogP contribution in [0.5, 0.6) is 0 Å². The molecule has 9 nitrogen and oxygen atoms in total. The number of urea groups is 1. The molecule has 1 atom stereocenters. The Morgan fingerprint density at radius 2 is 2.11 bits per heavy atom. The van der Waals surface area contributed by atoms with E-state index in [4.69, 9.17) is 4.42 Å². The second-order valence-electron chi connectivity index (χ2n) is 6.95. The van der Waals surface area contributed by atoms with Gasteiger partial charge in [0, 0.05) is 20.1 Å². The van der Waals surface area contributed by atoms with Gasteiger partial charge in [-0.15, -0.1) is 10.2 Å². The van der Waals surface area contributed by atoms with E-state index >= 15 is 0 Å². The van der Waals surface area contributed by atoms with Crippen LogP contribution in [0.15, 0.2) is 28.0 Å². The number of thioether (sulfide) groups is 1. The molecule has 1 unspecified atom stereocenters. The van der Waals surface area contributed by atoms with E-state index in [0.717, 1.165) is 37.6 Å². The van der Waals surface area contributed by atoms with Gasteiger partial charge < -0.3 is 14.6 Å². The number of nitrogens with one attached hydrogen (secondary N) is 2. The van der Waals surface area contributed by atoms with E-state index in [2.05, 4.69) is 32.7 Å². The Hall–Kier alpha value is -2.49. The highest BCUT2D eigenvalue weighted by Gasteiger charge is 2.26. The molecule has 0 bridgehead atoms. The van der Waals surface area contributed by atoms with Crippen LogP contribution in [0.2, 0.25) is 0 Å². The molecule has 2 aromatic rings. The summed E-state index contributed by atoms with van der Waals surface area (Å²) in [6.07, 6.45) is 3.86. The number of furan rings is 1. The molecule has 0 aromatic carbocycles. The van der Waals surface area contributed by atoms with Crippen molar-refractivity contribution in [1.82, 2.24) is 25.4 Å². The number of hydrogen-bond acceptors (Lipinski definition) is 7. The summed E-state index contributed by atoms with van der Waals surface area (Å²) in [6.45, 7) is 6.33. The van der Waals surface area contributed by atoms with Crippen LogP contribution in [0, 0.1) is 5.92 Å². The van der Waals surface area contributed by atoms with Crippen molar-refractivity contribution in [1.29, 1.82) is 0 Å². The zero-order valence-electron chi connectivity index (χ0n) is 16.3. The van der Waals surface area contributed by atoms with Crippen molar-refractivity contribution in [2.45, 2.75) is 43.6 Å². The van der Waals surface area contributed by atoms with Crippen LogP contribution in [0.25, 0.3) is 0 Å². The van der Waals surface area contributed by atoms with E-state index in [1.807, 2.05) is 16.7 Å². The monoisotopic (exact) mass is 406 g/mol. The summed E-state index contributed by atoms with van der Waals surface area (Å²) in [5.74, 6) is 1.89. The van der Waals surface area contributed by atoms with Gasteiger partial charge in [-0.3, -0.25) is 14.7 Å². The van der Waals surface area contributed by atoms with Gasteiger partial charge in [0.05, 0.1) is 18.1 Å². The highest BCUT2D eigenvalue weighted by atomic mass is 32.2. The number of hydrogen-bond donors (Lipinski definition) is 2. The quantitative estimate of drug-likeness (QED) is 0.708. The number of carbonyl (C=O) groups is 2. The van der Waals surface area contributed by atoms with Gasteiger partial charge in [0.15, 0.2) is 5.16 Å². The lowest BCUT2D eigenvalue weighted by Gasteiger charge is -2.31. The number of imide groups is 1. The first-order chi connectivity index (χ1) is 13.5. The maximum absolute atomic E-state index is 12.2. The molecule has 1 aliphatic rings. The van der Waals surface area contributed by atoms with Gasteiger partial charge in [-0.05, 0) is 37.8 Å². The van der Waals surface area contributed by atoms with Gasteiger partial charge in [0.25, 0.3) is 0 Å². The summed E-state index contributed by atoms with van der Waals surface area (Å²) < 4.78 is 7.48. The van der Waals surface area contributed by atoms with Crippen LogP contribution >= 0.6 is 11.8 Å². The van der Waals surface area contributed by atoms with Crippen molar-refractivity contribution < 1.29 is 14.0 Å². The number of anilines is 1. The molecular weight excluding hydrogens is 380 g/mol. The zero-order valence-corrected chi connectivity index (χ0v) is 17.2. The topological polar surface area (TPSA) is 105 Å². The number of aromatic nitrogens is 3. The van der Waals surface area contributed by atoms with Crippen LogP contribution in [0.1, 0.15) is 32.4 Å². The smallest absolute Gasteiger partial charge is 0.321 e. The van der Waals surface area contributed by atoms with Crippen molar-refractivity contribution >= 4 is 29.6 Å². The number of nitrogens with zero attached hydrogens (tertiary/aromatic N) is 4. The van der Waals surface area contributed by atoms with Gasteiger partial charge in [-0.2, -0.15) is 0 Å². The van der Waals surface area contributed by atoms with E-state index in [9.17, 15) is 9.59 Å². The van der Waals surface area contributed by atoms with Crippen LogP contribution in [-0.2, 0) is 11.3 Å². The van der Waals surface area contributed by atoms with Crippen LogP contribution in [0.4, 0.5) is 10.7 Å². The fourth-order valence-electron chi connectivity index (χ4n) is 3.00. The van der Waals surface area contributed by atoms with E-state index in [0.29, 0.717) is 17.6 Å². The van der Waals surface area contributed by atoms with Crippen molar-refractivity contribution in [3.63, 3.8) is 0 Å². The van der Waals surface area contributed by atoms with Crippen LogP contribution < -0.4 is 15.5 Å². The largest absolute Gasteiger partial charge is 0.467 e. The van der Waals surface area contributed by atoms with Gasteiger partial charge in [0.2, 0.25) is 11.9 Å². The Labute approximate surface area is 168 Å². The summed E-state index contributed by atoms with van der Waals surface area (Å²) >= 11 is 1.27. The normalized spacial score (nSPS) is 16.0. The molecule has 2 N–H and O–H groups in total. The minimum Gasteiger partial charge on any atom is -0.467 e. The molecule has 0 radical (unpaired) electrons. The second-order valence-corrected chi connectivity index (χ2v) is 8.25. The first kappa shape index (κ1) is 20.2. The molecule has 152 valence electrons. The Morgan fingerprint density at radius 1 is 1.36 bits per heavy atom. The van der Waals surface area contributed by atoms with Crippen LogP contribution in [-0.4, -0.2) is 52.1 Å². The third-order valence-corrected chi connectivity index (χ3v) is 5.85. The third kappa shape index (κ3) is 4.86. The average molecular weight is 407 g/mol. The highest BCUT2D eigenvalue weighted by molar-refractivity contribution is 8.00. The molecule has 3 heterocycles. The third-order valence-electron chi connectivity index (χ3n) is 4.77. The van der Waals surface area contributed by atoms with Gasteiger partial charge in [-0.25, -0.2) is 4.79 Å². The van der Waals surface area contributed by atoms with Crippen molar-refractivity contribution in [2.24, 2.45) is 5.92 Å². The predicted octanol–water partition coefficient (Wildman–Crippen LogP) is 2.09. The van der Waals surface area contributed by atoms with Gasteiger partial charge in [-0.1, -0.05) is 18.7 Å². The molecule has 3 amide bonds. The lowest BCUT2D eigenvalue weighted by atomic mass is 10.00. The van der Waals surface area contributed by atoms with E-state index in [-0.39, 0.29) is 5.91 Å². The van der Waals surface area contributed by atoms with Gasteiger partial charge in [0.1, 0.15) is 5.76 Å². The summed E-state index contributed by atoms with van der Waals surface area (Å²) in [7, 11) is 1.46. The van der Waals surface area contributed by atoms with Crippen LogP contribution in [0.3, 0.4) is 0 Å². The first-order valence-corrected chi connectivity index (χ1v) is 10.3. The Bertz CT molecular complexity index is 798. The summed E-state index contributed by atoms with van der Waals surface area (Å²) in [6, 6.07) is 3.21. The average Bonchev–Trinajstić information content (AvgIpc) is 3.33. The summed E-state index contributed by atoms with van der Waals surface area (Å²) in [4.78, 5) is 25.8. The summed E-state index contributed by atoms with van der Waals surface area (Å²) in [5.41, 5.74) is 0. The maximum Gasteiger partial charge on any atom is 0.321 e. The van der Waals surface area contributed by atoms with Gasteiger partial charge >= 0.3 is 6.03 Å². The molecule has 0 saturated carbocycles. The molecule has 3 rings (SSSR count). The lowest BCUT2D eigenvalue weighted by Crippen LogP contribution is -2.41. The Balaban J connectivity index is 1.79. The number of piperidine rings is 1. The second kappa shape index (κ2) is 9.13.